The van der Waals surface area contributed by atoms with Gasteiger partial charge in [0, 0.05) is 5.56 Å². The maximum Gasteiger partial charge on any atom is 0.295 e. The number of fused-ring (bicyclic) bond motifs is 1. The van der Waals surface area contributed by atoms with Crippen molar-refractivity contribution < 1.29 is 22.2 Å². The molecule has 0 aliphatic rings. The van der Waals surface area contributed by atoms with Crippen LogP contribution in [0.3, 0.4) is 0 Å². The van der Waals surface area contributed by atoms with E-state index in [9.17, 15) is 17.8 Å². The van der Waals surface area contributed by atoms with Crippen LogP contribution in [0.25, 0.3) is 33.7 Å². The van der Waals surface area contributed by atoms with E-state index < -0.39 is 10.1 Å². The highest BCUT2D eigenvalue weighted by Gasteiger charge is 2.17. The van der Waals surface area contributed by atoms with Crippen LogP contribution in [0.15, 0.2) is 63.9 Å². The third-order valence-electron chi connectivity index (χ3n) is 4.03. The van der Waals surface area contributed by atoms with Crippen LogP contribution in [0.1, 0.15) is 21.1 Å². The van der Waals surface area contributed by atoms with Crippen molar-refractivity contribution in [1.29, 1.82) is 0 Å². The molecule has 28 heavy (non-hydrogen) atoms. The Hall–Kier alpha value is -3.07. The van der Waals surface area contributed by atoms with Crippen molar-refractivity contribution in [3.8, 4) is 11.3 Å². The van der Waals surface area contributed by atoms with Gasteiger partial charge in [0.25, 0.3) is 10.1 Å². The lowest BCUT2D eigenvalue weighted by atomic mass is 10.1. The molecule has 0 saturated heterocycles. The van der Waals surface area contributed by atoms with Gasteiger partial charge in [-0.05, 0) is 42.0 Å². The van der Waals surface area contributed by atoms with E-state index in [4.69, 9.17) is 4.42 Å². The van der Waals surface area contributed by atoms with Gasteiger partial charge in [-0.1, -0.05) is 30.3 Å². The highest BCUT2D eigenvalue weighted by molar-refractivity contribution is 7.86. The maximum absolute atomic E-state index is 11.9. The molecular weight excluding hydrogens is 398 g/mol. The van der Waals surface area contributed by atoms with E-state index in [1.54, 1.807) is 30.4 Å². The van der Waals surface area contributed by atoms with Crippen LogP contribution in [-0.4, -0.2) is 24.2 Å². The molecule has 0 amide bonds. The summed E-state index contributed by atoms with van der Waals surface area (Å²) in [7, 11) is -4.47. The summed E-state index contributed by atoms with van der Waals surface area (Å²) < 4.78 is 39.7. The predicted molar refractivity (Wildman–Crippen MR) is 108 cm³/mol. The smallest absolute Gasteiger partial charge is 0.295 e. The summed E-state index contributed by atoms with van der Waals surface area (Å²) in [5.41, 5.74) is 1.60. The minimum absolute atomic E-state index is 0.128. The number of furan rings is 1. The molecule has 2 aromatic carbocycles. The summed E-state index contributed by atoms with van der Waals surface area (Å²) in [5, 5.41) is 0.716. The third kappa shape index (κ3) is 3.65. The van der Waals surface area contributed by atoms with Gasteiger partial charge in [0.2, 0.25) is 0 Å². The Labute approximate surface area is 164 Å². The molecule has 0 fully saturated rings. The summed E-state index contributed by atoms with van der Waals surface area (Å²) in [4.78, 5) is 15.0. The van der Waals surface area contributed by atoms with Crippen molar-refractivity contribution in [1.82, 2.24) is 4.98 Å². The van der Waals surface area contributed by atoms with Gasteiger partial charge in [-0.15, -0.1) is 11.3 Å². The molecule has 0 bridgehead atoms. The molecule has 140 valence electrons. The molecule has 0 spiro atoms. The van der Waals surface area contributed by atoms with Crippen molar-refractivity contribution in [3.63, 3.8) is 0 Å². The second-order valence-electron chi connectivity index (χ2n) is 5.90. The quantitative estimate of drug-likeness (QED) is 0.375. The number of nitrogens with zero attached hydrogens (tertiary/aromatic N) is 1. The Balaban J connectivity index is 1.74. The van der Waals surface area contributed by atoms with Gasteiger partial charge < -0.3 is 4.42 Å². The number of aldehydes is 1. The van der Waals surface area contributed by atoms with Gasteiger partial charge in [-0.3, -0.25) is 9.35 Å². The molecule has 2 aromatic heterocycles. The zero-order valence-electron chi connectivity index (χ0n) is 14.3. The van der Waals surface area contributed by atoms with Crippen LogP contribution in [0.5, 0.6) is 0 Å². The minimum atomic E-state index is -4.47. The highest BCUT2D eigenvalue weighted by atomic mass is 32.2. The Morgan fingerprint density at radius 2 is 1.86 bits per heavy atom. The van der Waals surface area contributed by atoms with E-state index in [1.807, 2.05) is 24.3 Å². The van der Waals surface area contributed by atoms with Crippen molar-refractivity contribution >= 4 is 50.1 Å². The standard InChI is InChI=1S/C20H13NO5S2/c22-12-15-8-9-17(26-15)14-6-5-13(19(11-14)28(23,24)25)7-10-20-21-16-3-1-2-4-18(16)27-20/h1-12H,(H,23,24,25). The zero-order chi connectivity index (χ0) is 19.7. The van der Waals surface area contributed by atoms with Crippen LogP contribution in [0.2, 0.25) is 0 Å². The van der Waals surface area contributed by atoms with E-state index in [2.05, 4.69) is 4.98 Å². The molecule has 2 heterocycles. The van der Waals surface area contributed by atoms with Gasteiger partial charge in [-0.2, -0.15) is 8.42 Å². The minimum Gasteiger partial charge on any atom is -0.453 e. The summed E-state index contributed by atoms with van der Waals surface area (Å²) >= 11 is 1.48. The van der Waals surface area contributed by atoms with Crippen molar-refractivity contribution in [3.05, 3.63) is 70.9 Å². The molecule has 6 nitrogen and oxygen atoms in total. The van der Waals surface area contributed by atoms with Crippen LogP contribution < -0.4 is 0 Å². The van der Waals surface area contributed by atoms with Crippen molar-refractivity contribution in [2.45, 2.75) is 4.90 Å². The summed E-state index contributed by atoms with van der Waals surface area (Å²) in [6.07, 6.45) is 3.84. The Morgan fingerprint density at radius 3 is 2.57 bits per heavy atom. The van der Waals surface area contributed by atoms with Crippen LogP contribution in [0, 0.1) is 0 Å². The molecule has 1 N–H and O–H groups in total. The largest absolute Gasteiger partial charge is 0.453 e. The first kappa shape index (κ1) is 18.3. The Morgan fingerprint density at radius 1 is 1.04 bits per heavy atom. The van der Waals surface area contributed by atoms with Crippen LogP contribution in [-0.2, 0) is 10.1 Å². The second-order valence-corrected chi connectivity index (χ2v) is 8.35. The van der Waals surface area contributed by atoms with Crippen molar-refractivity contribution in [2.75, 3.05) is 0 Å². The fourth-order valence-electron chi connectivity index (χ4n) is 2.74. The van der Waals surface area contributed by atoms with Crippen molar-refractivity contribution in [2.24, 2.45) is 0 Å². The number of thiazole rings is 1. The highest BCUT2D eigenvalue weighted by Crippen LogP contribution is 2.29. The number of hydrogen-bond donors (Lipinski definition) is 1. The molecule has 0 atom stereocenters. The molecule has 0 aliphatic carbocycles. The second kappa shape index (κ2) is 7.16. The molecule has 0 saturated carbocycles. The third-order valence-corrected chi connectivity index (χ3v) is 5.95. The van der Waals surface area contributed by atoms with Crippen LogP contribution >= 0.6 is 11.3 Å². The lowest BCUT2D eigenvalue weighted by molar-refractivity contribution is 0.110. The van der Waals surface area contributed by atoms with Crippen LogP contribution in [0.4, 0.5) is 0 Å². The monoisotopic (exact) mass is 411 g/mol. The van der Waals surface area contributed by atoms with Gasteiger partial charge in [0.1, 0.15) is 15.7 Å². The normalized spacial score (nSPS) is 12.0. The topological polar surface area (TPSA) is 97.5 Å². The Bertz CT molecular complexity index is 1280. The number of hydrogen-bond acceptors (Lipinski definition) is 6. The fourth-order valence-corrected chi connectivity index (χ4v) is 4.32. The summed E-state index contributed by atoms with van der Waals surface area (Å²) in [5.74, 6) is 0.455. The lowest BCUT2D eigenvalue weighted by Crippen LogP contribution is -2.01. The number of carbonyl (C=O) groups is 1. The maximum atomic E-state index is 11.9. The zero-order valence-corrected chi connectivity index (χ0v) is 15.9. The number of aromatic nitrogens is 1. The first-order valence-corrected chi connectivity index (χ1v) is 10.4. The molecule has 0 aliphatic heterocycles. The SMILES string of the molecule is O=Cc1ccc(-c2ccc(C=Cc3nc4ccccc4s3)c(S(=O)(=O)O)c2)o1. The van der Waals surface area contributed by atoms with Gasteiger partial charge in [0.05, 0.1) is 10.2 Å². The molecule has 4 aromatic rings. The first-order valence-electron chi connectivity index (χ1n) is 8.14. The number of benzene rings is 2. The lowest BCUT2D eigenvalue weighted by Gasteiger charge is -2.05. The van der Waals surface area contributed by atoms with E-state index in [0.29, 0.717) is 28.2 Å². The summed E-state index contributed by atoms with van der Waals surface area (Å²) in [6, 6.07) is 15.2. The average molecular weight is 411 g/mol. The number of rotatable bonds is 5. The molecule has 0 radical (unpaired) electrons. The average Bonchev–Trinajstić information content (AvgIpc) is 3.32. The van der Waals surface area contributed by atoms with Gasteiger partial charge >= 0.3 is 0 Å². The van der Waals surface area contributed by atoms with E-state index >= 15 is 0 Å². The predicted octanol–water partition coefficient (Wildman–Crippen LogP) is 4.79. The Kier molecular flexibility index (Phi) is 4.68. The van der Waals surface area contributed by atoms with E-state index in [1.165, 1.54) is 23.5 Å². The summed E-state index contributed by atoms with van der Waals surface area (Å²) in [6.45, 7) is 0. The van der Waals surface area contributed by atoms with E-state index in [0.717, 1.165) is 10.2 Å². The van der Waals surface area contributed by atoms with E-state index in [-0.39, 0.29) is 10.7 Å². The molecule has 0 unspecified atom stereocenters. The fraction of sp³-hybridized carbons (Fsp3) is 0. The molecular formula is C20H13NO5S2. The molecule has 8 heteroatoms. The number of para-hydroxylation sites is 1. The molecule has 4 rings (SSSR count). The van der Waals surface area contributed by atoms with Gasteiger partial charge in [0.15, 0.2) is 12.0 Å². The number of carbonyl (C=O) groups excluding carboxylic acids is 1. The first-order chi connectivity index (χ1) is 13.4. The van der Waals surface area contributed by atoms with Gasteiger partial charge in [-0.25, -0.2) is 4.98 Å².